The largest absolute Gasteiger partial charge is 0.461 e. The molecule has 0 spiro atoms. The van der Waals surface area contributed by atoms with Gasteiger partial charge < -0.3 is 21.1 Å². The number of carbonyl (C=O) groups is 4. The minimum absolute atomic E-state index is 0.0851. The zero-order valence-corrected chi connectivity index (χ0v) is 23.5. The van der Waals surface area contributed by atoms with E-state index < -0.39 is 24.0 Å². The number of primary amides is 1. The van der Waals surface area contributed by atoms with Crippen molar-refractivity contribution in [2.75, 3.05) is 6.54 Å². The number of Topliss-reactive ketones (excluding diaryl/α,β-unsaturated/α-hetero) is 1. The number of hydrogen-bond acceptors (Lipinski definition) is 5. The van der Waals surface area contributed by atoms with Gasteiger partial charge in [-0.1, -0.05) is 91.0 Å². The van der Waals surface area contributed by atoms with Crippen molar-refractivity contribution < 1.29 is 23.9 Å². The lowest BCUT2D eigenvalue weighted by atomic mass is 9.90. The molecular weight excluding hydrogens is 585 g/mol. The van der Waals surface area contributed by atoms with Crippen molar-refractivity contribution in [3.05, 3.63) is 71.3 Å². The number of urea groups is 1. The van der Waals surface area contributed by atoms with Crippen molar-refractivity contribution in [3.8, 4) is 0 Å². The van der Waals surface area contributed by atoms with Crippen LogP contribution in [0.15, 0.2) is 54.6 Å². The number of esters is 1. The number of nitrogens with one attached hydrogen (secondary N) is 2. The van der Waals surface area contributed by atoms with E-state index in [2.05, 4.69) is 33.2 Å². The molecule has 2 aromatic rings. The van der Waals surface area contributed by atoms with Crippen molar-refractivity contribution in [1.29, 1.82) is 0 Å². The zero-order valence-electron chi connectivity index (χ0n) is 21.4. The van der Waals surface area contributed by atoms with E-state index in [4.69, 9.17) is 10.5 Å². The monoisotopic (exact) mass is 621 g/mol. The Bertz CT molecular complexity index is 1030. The molecule has 2 unspecified atom stereocenters. The highest BCUT2D eigenvalue weighted by Gasteiger charge is 2.29. The summed E-state index contributed by atoms with van der Waals surface area (Å²) in [5.41, 5.74) is 8.01. The number of alkyl halides is 1. The standard InChI is InChI=1S/C28H36IN3O5/c1-19(2)23(16-26(34)37-18-22-7-4-3-5-8-22)27(35)32-24(9-6-14-31-28(30)36)25(33)15-20-10-12-21(17-29)13-11-20/h3-5,7-8,10-13,19,23-24H,6,9,14-18H2,1-2H3,(H,32,35)(H3,30,31,36). The first-order valence-corrected chi connectivity index (χ1v) is 13.9. The van der Waals surface area contributed by atoms with Crippen molar-refractivity contribution in [1.82, 2.24) is 10.6 Å². The maximum absolute atomic E-state index is 13.2. The number of rotatable bonds is 15. The molecule has 0 aromatic heterocycles. The second-order valence-electron chi connectivity index (χ2n) is 9.29. The third-order valence-electron chi connectivity index (χ3n) is 6.00. The molecule has 2 aromatic carbocycles. The van der Waals surface area contributed by atoms with E-state index in [0.717, 1.165) is 21.1 Å². The quantitative estimate of drug-likeness (QED) is 0.120. The predicted molar refractivity (Wildman–Crippen MR) is 151 cm³/mol. The molecule has 0 aliphatic heterocycles. The van der Waals surface area contributed by atoms with Gasteiger partial charge in [0, 0.05) is 17.4 Å². The first-order chi connectivity index (χ1) is 17.7. The number of ketones is 1. The van der Waals surface area contributed by atoms with Gasteiger partial charge in [-0.15, -0.1) is 0 Å². The van der Waals surface area contributed by atoms with Crippen LogP contribution in [-0.2, 0) is 36.6 Å². The molecule has 0 aliphatic carbocycles. The highest BCUT2D eigenvalue weighted by atomic mass is 127. The number of carbonyl (C=O) groups excluding carboxylic acids is 4. The molecule has 2 atom stereocenters. The molecule has 9 heteroatoms. The molecule has 0 aliphatic rings. The number of ether oxygens (including phenoxy) is 1. The highest BCUT2D eigenvalue weighted by Crippen LogP contribution is 2.18. The SMILES string of the molecule is CC(C)C(CC(=O)OCc1ccccc1)C(=O)NC(CCCNC(N)=O)C(=O)Cc1ccc(CI)cc1. The average Bonchev–Trinajstić information content (AvgIpc) is 2.88. The smallest absolute Gasteiger partial charge is 0.312 e. The molecule has 0 saturated heterocycles. The van der Waals surface area contributed by atoms with E-state index in [-0.39, 0.29) is 37.1 Å². The molecule has 3 amide bonds. The van der Waals surface area contributed by atoms with Crippen LogP contribution in [0, 0.1) is 11.8 Å². The van der Waals surface area contributed by atoms with Gasteiger partial charge in [0.1, 0.15) is 6.61 Å². The summed E-state index contributed by atoms with van der Waals surface area (Å²) in [4.78, 5) is 49.9. The Balaban J connectivity index is 2.04. The summed E-state index contributed by atoms with van der Waals surface area (Å²) in [6.45, 7) is 4.14. The molecule has 0 radical (unpaired) electrons. The van der Waals surface area contributed by atoms with Crippen LogP contribution in [0.5, 0.6) is 0 Å². The van der Waals surface area contributed by atoms with Crippen molar-refractivity contribution in [3.63, 3.8) is 0 Å². The molecule has 200 valence electrons. The van der Waals surface area contributed by atoms with Gasteiger partial charge in [-0.25, -0.2) is 4.79 Å². The molecule has 0 heterocycles. The normalized spacial score (nSPS) is 12.4. The topological polar surface area (TPSA) is 128 Å². The van der Waals surface area contributed by atoms with E-state index >= 15 is 0 Å². The number of hydrogen-bond donors (Lipinski definition) is 3. The van der Waals surface area contributed by atoms with Crippen LogP contribution in [0.25, 0.3) is 0 Å². The Labute approximate surface area is 232 Å². The zero-order chi connectivity index (χ0) is 27.2. The van der Waals surface area contributed by atoms with Crippen LogP contribution in [0.1, 0.15) is 49.8 Å². The third-order valence-corrected chi connectivity index (χ3v) is 6.88. The number of amides is 3. The van der Waals surface area contributed by atoms with Gasteiger partial charge in [0.05, 0.1) is 18.4 Å². The molecule has 8 nitrogen and oxygen atoms in total. The van der Waals surface area contributed by atoms with Crippen molar-refractivity contribution >= 4 is 46.3 Å². The maximum Gasteiger partial charge on any atom is 0.312 e. The van der Waals surface area contributed by atoms with Crippen LogP contribution < -0.4 is 16.4 Å². The molecule has 0 fully saturated rings. The predicted octanol–water partition coefficient (Wildman–Crippen LogP) is 4.07. The number of benzene rings is 2. The van der Waals surface area contributed by atoms with Crippen LogP contribution in [0.4, 0.5) is 4.79 Å². The highest BCUT2D eigenvalue weighted by molar-refractivity contribution is 14.1. The fourth-order valence-electron chi connectivity index (χ4n) is 3.79. The third kappa shape index (κ3) is 11.3. The van der Waals surface area contributed by atoms with E-state index in [9.17, 15) is 19.2 Å². The first kappa shape index (κ1) is 30.3. The summed E-state index contributed by atoms with van der Waals surface area (Å²) in [7, 11) is 0. The van der Waals surface area contributed by atoms with Crippen LogP contribution in [0.3, 0.4) is 0 Å². The minimum atomic E-state index is -0.756. The van der Waals surface area contributed by atoms with E-state index in [1.165, 1.54) is 0 Å². The van der Waals surface area contributed by atoms with E-state index in [0.29, 0.717) is 19.4 Å². The minimum Gasteiger partial charge on any atom is -0.461 e. The summed E-state index contributed by atoms with van der Waals surface area (Å²) < 4.78 is 6.25. The second kappa shape index (κ2) is 16.0. The van der Waals surface area contributed by atoms with Gasteiger partial charge in [-0.3, -0.25) is 14.4 Å². The summed E-state index contributed by atoms with van der Waals surface area (Å²) in [6, 6.07) is 15.7. The van der Waals surface area contributed by atoms with Gasteiger partial charge in [0.15, 0.2) is 5.78 Å². The van der Waals surface area contributed by atoms with Gasteiger partial charge in [0.25, 0.3) is 0 Å². The Morgan fingerprint density at radius 2 is 1.59 bits per heavy atom. The van der Waals surface area contributed by atoms with E-state index in [1.807, 2.05) is 68.4 Å². The first-order valence-electron chi connectivity index (χ1n) is 12.4. The van der Waals surface area contributed by atoms with Crippen LogP contribution >= 0.6 is 22.6 Å². The van der Waals surface area contributed by atoms with Gasteiger partial charge in [-0.2, -0.15) is 0 Å². The average molecular weight is 622 g/mol. The van der Waals surface area contributed by atoms with Crippen LogP contribution in [-0.4, -0.2) is 36.3 Å². The summed E-state index contributed by atoms with van der Waals surface area (Å²) in [6.07, 6.45) is 0.873. The number of nitrogens with two attached hydrogens (primary N) is 1. The Morgan fingerprint density at radius 1 is 0.946 bits per heavy atom. The molecule has 0 bridgehead atoms. The molecule has 0 saturated carbocycles. The van der Waals surface area contributed by atoms with Gasteiger partial charge in [0.2, 0.25) is 5.91 Å². The van der Waals surface area contributed by atoms with Crippen LogP contribution in [0.2, 0.25) is 0 Å². The summed E-state index contributed by atoms with van der Waals surface area (Å²) >= 11 is 2.28. The fraction of sp³-hybridized carbons (Fsp3) is 0.429. The Kier molecular flexibility index (Phi) is 13.1. The van der Waals surface area contributed by atoms with Crippen molar-refractivity contribution in [2.24, 2.45) is 17.6 Å². The van der Waals surface area contributed by atoms with Gasteiger partial charge in [-0.05, 0) is 35.4 Å². The second-order valence-corrected chi connectivity index (χ2v) is 10.1. The Hall–Kier alpha value is -2.95. The summed E-state index contributed by atoms with van der Waals surface area (Å²) in [5, 5.41) is 5.37. The number of halogens is 1. The summed E-state index contributed by atoms with van der Waals surface area (Å²) in [5.74, 6) is -1.76. The van der Waals surface area contributed by atoms with Gasteiger partial charge >= 0.3 is 12.0 Å². The molecular formula is C28H36IN3O5. The molecule has 4 N–H and O–H groups in total. The fourth-order valence-corrected chi connectivity index (χ4v) is 4.30. The lowest BCUT2D eigenvalue weighted by molar-refractivity contribution is -0.149. The van der Waals surface area contributed by atoms with E-state index in [1.54, 1.807) is 0 Å². The molecule has 37 heavy (non-hydrogen) atoms. The maximum atomic E-state index is 13.2. The molecule has 2 rings (SSSR count). The Morgan fingerprint density at radius 3 is 2.19 bits per heavy atom. The van der Waals surface area contributed by atoms with Crippen molar-refractivity contribution in [2.45, 2.75) is 56.6 Å². The lowest BCUT2D eigenvalue weighted by Crippen LogP contribution is -2.46. The lowest BCUT2D eigenvalue weighted by Gasteiger charge is -2.24.